The van der Waals surface area contributed by atoms with Crippen molar-refractivity contribution in [2.45, 2.75) is 31.0 Å². The summed E-state index contributed by atoms with van der Waals surface area (Å²) in [6, 6.07) is 6.70. The number of amides is 2. The molecule has 0 aliphatic carbocycles. The number of thiazole rings is 1. The Bertz CT molecular complexity index is 1490. The molecule has 12 nitrogen and oxygen atoms in total. The average molecular weight is 546 g/mol. The molecule has 0 bridgehead atoms. The highest BCUT2D eigenvalue weighted by Crippen LogP contribution is 2.26. The predicted molar refractivity (Wildman–Crippen MR) is 137 cm³/mol. The molecule has 4 N–H and O–H groups in total. The van der Waals surface area contributed by atoms with Crippen LogP contribution in [0.2, 0.25) is 0 Å². The van der Waals surface area contributed by atoms with Crippen LogP contribution in [0.25, 0.3) is 10.9 Å². The molecule has 2 aliphatic rings. The number of methoxy groups -OCH3 is 1. The molecule has 0 radical (unpaired) electrons. The number of benzene rings is 1. The summed E-state index contributed by atoms with van der Waals surface area (Å²) >= 11 is 1.41. The lowest BCUT2D eigenvalue weighted by Gasteiger charge is -2.33. The van der Waals surface area contributed by atoms with Crippen molar-refractivity contribution >= 4 is 50.1 Å². The number of carbonyl (C=O) groups is 2. The van der Waals surface area contributed by atoms with Gasteiger partial charge in [0.05, 0.1) is 12.8 Å². The van der Waals surface area contributed by atoms with Gasteiger partial charge in [-0.3, -0.25) is 15.5 Å². The number of hydrogen-bond donors (Lipinski definition) is 4. The maximum atomic E-state index is 13.3. The highest BCUT2D eigenvalue weighted by molar-refractivity contribution is 7.89. The quantitative estimate of drug-likeness (QED) is 0.285. The molecular formula is C23H27N7O5S2. The van der Waals surface area contributed by atoms with E-state index in [1.54, 1.807) is 23.1 Å². The van der Waals surface area contributed by atoms with Crippen molar-refractivity contribution in [1.82, 2.24) is 29.8 Å². The number of fused-ring (bicyclic) bond motifs is 2. The maximum absolute atomic E-state index is 13.3. The van der Waals surface area contributed by atoms with Crippen LogP contribution < -0.4 is 10.6 Å². The number of carbonyl (C=O) groups excluding carboxylic acids is 2. The number of aromatic amines is 1. The number of nitrogens with zero attached hydrogens (tertiary/aromatic N) is 3. The third-order valence-corrected chi connectivity index (χ3v) is 9.42. The number of sulfonamides is 1. The van der Waals surface area contributed by atoms with Crippen molar-refractivity contribution < 1.29 is 22.7 Å². The van der Waals surface area contributed by atoms with Gasteiger partial charge in [-0.1, -0.05) is 0 Å². The lowest BCUT2D eigenvalue weighted by Crippen LogP contribution is -2.50. The maximum Gasteiger partial charge on any atom is 0.412 e. The summed E-state index contributed by atoms with van der Waals surface area (Å²) in [4.78, 5) is 34.7. The van der Waals surface area contributed by atoms with Gasteiger partial charge in [-0.05, 0) is 31.2 Å². The van der Waals surface area contributed by atoms with Gasteiger partial charge in [-0.15, -0.1) is 11.3 Å². The fourth-order valence-electron chi connectivity index (χ4n) is 4.43. The Morgan fingerprint density at radius 2 is 1.97 bits per heavy atom. The van der Waals surface area contributed by atoms with E-state index in [0.717, 1.165) is 17.0 Å². The fraction of sp³-hybridized carbons (Fsp3) is 0.391. The van der Waals surface area contributed by atoms with Crippen LogP contribution in [0.15, 0.2) is 29.3 Å². The van der Waals surface area contributed by atoms with E-state index in [9.17, 15) is 18.0 Å². The van der Waals surface area contributed by atoms with Crippen LogP contribution >= 0.6 is 11.3 Å². The van der Waals surface area contributed by atoms with Crippen LogP contribution in [0.4, 0.5) is 4.79 Å². The molecule has 3 aromatic rings. The fourth-order valence-corrected chi connectivity index (χ4v) is 6.88. The van der Waals surface area contributed by atoms with Crippen LogP contribution in [-0.2, 0) is 27.7 Å². The number of hydrogen-bond acceptors (Lipinski definition) is 9. The Morgan fingerprint density at radius 3 is 2.70 bits per heavy atom. The van der Waals surface area contributed by atoms with E-state index in [4.69, 9.17) is 5.41 Å². The first-order valence-electron chi connectivity index (χ1n) is 11.7. The Balaban J connectivity index is 1.26. The molecule has 1 fully saturated rings. The highest BCUT2D eigenvalue weighted by atomic mass is 32.2. The molecule has 1 aromatic carbocycles. The van der Waals surface area contributed by atoms with Gasteiger partial charge >= 0.3 is 6.09 Å². The second-order valence-corrected chi connectivity index (χ2v) is 12.0. The molecule has 0 saturated carbocycles. The molecular weight excluding hydrogens is 518 g/mol. The lowest BCUT2D eigenvalue weighted by molar-refractivity contribution is 0.0697. The standard InChI is InChI=1S/C23H27N7O5S2/c1-13-9-17-18(12-25-13)36-21(27-17)22(31)29-5-7-30(8-6-29)37(33,34)19-11-15-10-14(3-4-16(15)26-19)20(24)28-23(32)35-2/h3-4,10-11,13,25-26H,5-9,12H2,1-2H3,(H2,24,28,32). The number of rotatable bonds is 4. The molecule has 1 atom stereocenters. The van der Waals surface area contributed by atoms with Crippen molar-refractivity contribution in [1.29, 1.82) is 5.41 Å². The first-order chi connectivity index (χ1) is 17.7. The van der Waals surface area contributed by atoms with Crippen LogP contribution in [0.1, 0.15) is 32.9 Å². The molecule has 37 heavy (non-hydrogen) atoms. The molecule has 14 heteroatoms. The minimum atomic E-state index is -3.83. The Hall–Kier alpha value is -3.33. The molecule has 1 saturated heterocycles. The number of H-pyrrole nitrogens is 1. The first-order valence-corrected chi connectivity index (χ1v) is 14.0. The van der Waals surface area contributed by atoms with E-state index < -0.39 is 16.1 Å². The average Bonchev–Trinajstić information content (AvgIpc) is 3.52. The van der Waals surface area contributed by atoms with Crippen LogP contribution in [-0.4, -0.2) is 84.8 Å². The molecule has 1 unspecified atom stereocenters. The first kappa shape index (κ1) is 25.3. The Labute approximate surface area is 217 Å². The number of ether oxygens (including phenoxy) is 1. The van der Waals surface area contributed by atoms with Gasteiger partial charge in [0.15, 0.2) is 5.01 Å². The van der Waals surface area contributed by atoms with Gasteiger partial charge in [0.2, 0.25) is 0 Å². The minimum Gasteiger partial charge on any atom is -0.453 e. The summed E-state index contributed by atoms with van der Waals surface area (Å²) in [5, 5.41) is 14.7. The van der Waals surface area contributed by atoms with E-state index in [2.05, 4.69) is 32.3 Å². The summed E-state index contributed by atoms with van der Waals surface area (Å²) in [5.41, 5.74) is 1.96. The molecule has 196 valence electrons. The van der Waals surface area contributed by atoms with Crippen molar-refractivity contribution in [3.8, 4) is 0 Å². The highest BCUT2D eigenvalue weighted by Gasteiger charge is 2.33. The summed E-state index contributed by atoms with van der Waals surface area (Å²) in [6.45, 7) is 3.69. The number of amidine groups is 1. The second kappa shape index (κ2) is 9.85. The predicted octanol–water partition coefficient (Wildman–Crippen LogP) is 1.49. The van der Waals surface area contributed by atoms with Gasteiger partial charge < -0.3 is 19.9 Å². The van der Waals surface area contributed by atoms with E-state index in [1.807, 2.05) is 0 Å². The van der Waals surface area contributed by atoms with Gasteiger partial charge in [0.25, 0.3) is 15.9 Å². The third kappa shape index (κ3) is 4.97. The smallest absolute Gasteiger partial charge is 0.412 e. The van der Waals surface area contributed by atoms with E-state index >= 15 is 0 Å². The SMILES string of the molecule is COC(=O)NC(=N)c1ccc2[nH]c(S(=O)(=O)N3CCN(C(=O)c4nc5c(s4)CNC(C)C5)CC3)cc2c1. The van der Waals surface area contributed by atoms with Crippen molar-refractivity contribution in [3.63, 3.8) is 0 Å². The van der Waals surface area contributed by atoms with Gasteiger partial charge in [0.1, 0.15) is 10.9 Å². The van der Waals surface area contributed by atoms with E-state index in [1.165, 1.54) is 28.8 Å². The normalized spacial score (nSPS) is 18.4. The van der Waals surface area contributed by atoms with Crippen molar-refractivity contribution in [3.05, 3.63) is 45.4 Å². The molecule has 4 heterocycles. The topological polar surface area (TPSA) is 161 Å². The summed E-state index contributed by atoms with van der Waals surface area (Å²) in [5.74, 6) is -0.322. The summed E-state index contributed by atoms with van der Waals surface area (Å²) in [7, 11) is -2.62. The van der Waals surface area contributed by atoms with Crippen LogP contribution in [0.5, 0.6) is 0 Å². The van der Waals surface area contributed by atoms with E-state index in [-0.39, 0.29) is 42.9 Å². The Kier molecular flexibility index (Phi) is 6.74. The van der Waals surface area contributed by atoms with Gasteiger partial charge in [-0.2, -0.15) is 4.31 Å². The number of aromatic nitrogens is 2. The van der Waals surface area contributed by atoms with Crippen molar-refractivity contribution in [2.75, 3.05) is 33.3 Å². The zero-order chi connectivity index (χ0) is 26.3. The van der Waals surface area contributed by atoms with Gasteiger partial charge in [-0.25, -0.2) is 18.2 Å². The van der Waals surface area contributed by atoms with Crippen LogP contribution in [0.3, 0.4) is 0 Å². The van der Waals surface area contributed by atoms with E-state index in [0.29, 0.717) is 34.1 Å². The van der Waals surface area contributed by atoms with Crippen molar-refractivity contribution in [2.24, 2.45) is 0 Å². The minimum absolute atomic E-state index is 0.0288. The number of piperazine rings is 1. The monoisotopic (exact) mass is 545 g/mol. The molecule has 0 spiro atoms. The second-order valence-electron chi connectivity index (χ2n) is 9.00. The third-order valence-electron chi connectivity index (χ3n) is 6.51. The molecule has 2 amide bonds. The zero-order valence-electron chi connectivity index (χ0n) is 20.3. The number of alkyl carbamates (subject to hydrolysis) is 1. The van der Waals surface area contributed by atoms with Gasteiger partial charge in [0, 0.05) is 66.5 Å². The number of nitrogens with one attached hydrogen (secondary N) is 4. The largest absolute Gasteiger partial charge is 0.453 e. The zero-order valence-corrected chi connectivity index (χ0v) is 22.0. The lowest BCUT2D eigenvalue weighted by atomic mass is 10.1. The Morgan fingerprint density at radius 1 is 1.22 bits per heavy atom. The molecule has 5 rings (SSSR count). The van der Waals surface area contributed by atoms with Crippen LogP contribution in [0, 0.1) is 5.41 Å². The molecule has 2 aromatic heterocycles. The molecule has 2 aliphatic heterocycles. The summed E-state index contributed by atoms with van der Waals surface area (Å²) in [6.07, 6.45) is 0.0289. The summed E-state index contributed by atoms with van der Waals surface area (Å²) < 4.78 is 32.5.